The van der Waals surface area contributed by atoms with Gasteiger partial charge < -0.3 is 15.0 Å². The molecule has 3 heterocycles. The number of rotatable bonds is 7. The lowest BCUT2D eigenvalue weighted by Gasteiger charge is -2.36. The van der Waals surface area contributed by atoms with Gasteiger partial charge in [0, 0.05) is 60.3 Å². The summed E-state index contributed by atoms with van der Waals surface area (Å²) in [5.74, 6) is 0.999. The molecule has 0 radical (unpaired) electrons. The van der Waals surface area contributed by atoms with E-state index in [1.165, 1.54) is 52.8 Å². The van der Waals surface area contributed by atoms with Crippen LogP contribution >= 0.6 is 11.3 Å². The van der Waals surface area contributed by atoms with Crippen LogP contribution in [0.2, 0.25) is 0 Å². The maximum absolute atomic E-state index is 6.00. The number of benzene rings is 2. The molecule has 1 N–H and O–H groups in total. The molecule has 3 aromatic rings. The first kappa shape index (κ1) is 19.7. The quantitative estimate of drug-likeness (QED) is 0.528. The Bertz CT molecular complexity index is 977. The third-order valence-corrected chi connectivity index (χ3v) is 7.22. The SMILES string of the molecule is c1cc(N2CCN(CCCCOc3ccc4c(c3)NCCC4)CC2)c2ccsc2c1. The smallest absolute Gasteiger partial charge is 0.121 e. The van der Waals surface area contributed by atoms with Gasteiger partial charge in [0.15, 0.2) is 0 Å². The van der Waals surface area contributed by atoms with Crippen LogP contribution in [0, 0.1) is 0 Å². The summed E-state index contributed by atoms with van der Waals surface area (Å²) in [7, 11) is 0. The molecule has 5 rings (SSSR count). The molecule has 0 atom stereocenters. The van der Waals surface area contributed by atoms with Crippen molar-refractivity contribution in [1.82, 2.24) is 4.90 Å². The molecule has 2 aliphatic rings. The number of anilines is 2. The Labute approximate surface area is 183 Å². The van der Waals surface area contributed by atoms with Crippen LogP contribution in [0.15, 0.2) is 47.8 Å². The second-order valence-electron chi connectivity index (χ2n) is 8.34. The molecule has 30 heavy (non-hydrogen) atoms. The fourth-order valence-corrected chi connectivity index (χ4v) is 5.43. The third-order valence-electron chi connectivity index (χ3n) is 6.34. The molecular weight excluding hydrogens is 390 g/mol. The average molecular weight is 422 g/mol. The van der Waals surface area contributed by atoms with Gasteiger partial charge in [-0.3, -0.25) is 4.90 Å². The van der Waals surface area contributed by atoms with Gasteiger partial charge in [0.25, 0.3) is 0 Å². The van der Waals surface area contributed by atoms with Crippen LogP contribution in [0.25, 0.3) is 10.1 Å². The van der Waals surface area contributed by atoms with E-state index in [2.05, 4.69) is 63.0 Å². The molecule has 0 unspecified atom stereocenters. The standard InChI is InChI=1S/C25H31N3OS/c1(2-17-29-21-9-8-20-5-4-11-26-23(20)19-21)12-27-13-15-28(16-14-27)24-6-3-7-25-22(24)10-18-30-25/h3,6-10,18-19,26H,1-2,4-5,11-17H2. The van der Waals surface area contributed by atoms with E-state index < -0.39 is 0 Å². The van der Waals surface area contributed by atoms with Crippen molar-refractivity contribution in [3.8, 4) is 5.75 Å². The van der Waals surface area contributed by atoms with Gasteiger partial charge in [-0.25, -0.2) is 0 Å². The summed E-state index contributed by atoms with van der Waals surface area (Å²) in [4.78, 5) is 5.16. The van der Waals surface area contributed by atoms with Crippen molar-refractivity contribution in [3.63, 3.8) is 0 Å². The van der Waals surface area contributed by atoms with Crippen LogP contribution in [0.5, 0.6) is 5.75 Å². The van der Waals surface area contributed by atoms with E-state index in [4.69, 9.17) is 4.74 Å². The number of piperazine rings is 1. The molecular formula is C25H31N3OS. The molecule has 0 spiro atoms. The van der Waals surface area contributed by atoms with Crippen LogP contribution in [-0.2, 0) is 6.42 Å². The second kappa shape index (κ2) is 9.27. The van der Waals surface area contributed by atoms with Crippen molar-refractivity contribution < 1.29 is 4.74 Å². The van der Waals surface area contributed by atoms with E-state index in [9.17, 15) is 0 Å². The summed E-state index contributed by atoms with van der Waals surface area (Å²) >= 11 is 1.83. The minimum atomic E-state index is 0.804. The van der Waals surface area contributed by atoms with Gasteiger partial charge >= 0.3 is 0 Å². The second-order valence-corrected chi connectivity index (χ2v) is 9.29. The monoisotopic (exact) mass is 421 g/mol. The zero-order chi connectivity index (χ0) is 20.2. The van der Waals surface area contributed by atoms with Crippen molar-refractivity contribution in [1.29, 1.82) is 0 Å². The van der Waals surface area contributed by atoms with Crippen molar-refractivity contribution in [3.05, 3.63) is 53.4 Å². The Morgan fingerprint density at radius 2 is 1.93 bits per heavy atom. The predicted molar refractivity (Wildman–Crippen MR) is 128 cm³/mol. The highest BCUT2D eigenvalue weighted by molar-refractivity contribution is 7.17. The average Bonchev–Trinajstić information content (AvgIpc) is 3.28. The number of aryl methyl sites for hydroxylation is 1. The molecule has 1 aromatic heterocycles. The first-order valence-corrected chi connectivity index (χ1v) is 12.2. The van der Waals surface area contributed by atoms with E-state index in [0.717, 1.165) is 51.5 Å². The highest BCUT2D eigenvalue weighted by Crippen LogP contribution is 2.31. The third kappa shape index (κ3) is 4.42. The molecule has 2 aliphatic heterocycles. The lowest BCUT2D eigenvalue weighted by atomic mass is 10.0. The number of hydrogen-bond acceptors (Lipinski definition) is 5. The summed E-state index contributed by atoms with van der Waals surface area (Å²) in [6, 6.07) is 15.5. The minimum absolute atomic E-state index is 0.804. The fraction of sp³-hybridized carbons (Fsp3) is 0.440. The molecule has 5 heteroatoms. The minimum Gasteiger partial charge on any atom is -0.494 e. The predicted octanol–water partition coefficient (Wildman–Crippen LogP) is 5.24. The fourth-order valence-electron chi connectivity index (χ4n) is 4.62. The molecule has 1 fully saturated rings. The highest BCUT2D eigenvalue weighted by Gasteiger charge is 2.18. The van der Waals surface area contributed by atoms with Crippen LogP contribution in [-0.4, -0.2) is 50.8 Å². The number of nitrogens with zero attached hydrogens (tertiary/aromatic N) is 2. The summed E-state index contributed by atoms with van der Waals surface area (Å²) < 4.78 is 7.40. The van der Waals surface area contributed by atoms with Gasteiger partial charge in [0.05, 0.1) is 6.61 Å². The molecule has 1 saturated heterocycles. The van der Waals surface area contributed by atoms with E-state index in [1.54, 1.807) is 0 Å². The lowest BCUT2D eigenvalue weighted by Crippen LogP contribution is -2.46. The summed E-state index contributed by atoms with van der Waals surface area (Å²) in [5.41, 5.74) is 4.08. The van der Waals surface area contributed by atoms with Crippen molar-refractivity contribution in [2.24, 2.45) is 0 Å². The van der Waals surface area contributed by atoms with Crippen molar-refractivity contribution >= 4 is 32.8 Å². The van der Waals surface area contributed by atoms with Gasteiger partial charge in [-0.15, -0.1) is 11.3 Å². The maximum atomic E-state index is 6.00. The molecule has 4 nitrogen and oxygen atoms in total. The van der Waals surface area contributed by atoms with Gasteiger partial charge in [0.1, 0.15) is 5.75 Å². The summed E-state index contributed by atoms with van der Waals surface area (Å²) in [6.07, 6.45) is 4.71. The Morgan fingerprint density at radius 1 is 1.00 bits per heavy atom. The van der Waals surface area contributed by atoms with Gasteiger partial charge in [-0.05, 0) is 67.4 Å². The first-order valence-electron chi connectivity index (χ1n) is 11.3. The van der Waals surface area contributed by atoms with E-state index in [-0.39, 0.29) is 0 Å². The molecule has 0 saturated carbocycles. The number of ether oxygens (including phenoxy) is 1. The van der Waals surface area contributed by atoms with Crippen LogP contribution < -0.4 is 15.0 Å². The Balaban J connectivity index is 1.03. The first-order chi connectivity index (χ1) is 14.9. The number of fused-ring (bicyclic) bond motifs is 2. The molecule has 0 aliphatic carbocycles. The number of thiophene rings is 1. The van der Waals surface area contributed by atoms with Crippen LogP contribution in [0.3, 0.4) is 0 Å². The highest BCUT2D eigenvalue weighted by atomic mass is 32.1. The molecule has 0 bridgehead atoms. The summed E-state index contributed by atoms with van der Waals surface area (Å²) in [5, 5.41) is 7.09. The molecule has 0 amide bonds. The number of hydrogen-bond donors (Lipinski definition) is 1. The largest absolute Gasteiger partial charge is 0.494 e. The maximum Gasteiger partial charge on any atom is 0.121 e. The summed E-state index contributed by atoms with van der Waals surface area (Å²) in [6.45, 7) is 7.59. The molecule has 158 valence electrons. The van der Waals surface area contributed by atoms with Gasteiger partial charge in [0.2, 0.25) is 0 Å². The van der Waals surface area contributed by atoms with Gasteiger partial charge in [-0.2, -0.15) is 0 Å². The Hall–Kier alpha value is -2.24. The van der Waals surface area contributed by atoms with Crippen LogP contribution in [0.1, 0.15) is 24.8 Å². The van der Waals surface area contributed by atoms with Crippen molar-refractivity contribution in [2.75, 3.05) is 56.1 Å². The number of unbranched alkanes of at least 4 members (excludes halogenated alkanes) is 1. The zero-order valence-electron chi connectivity index (χ0n) is 17.6. The molecule has 2 aromatic carbocycles. The lowest BCUT2D eigenvalue weighted by molar-refractivity contribution is 0.239. The Morgan fingerprint density at radius 3 is 2.87 bits per heavy atom. The van der Waals surface area contributed by atoms with Crippen LogP contribution in [0.4, 0.5) is 11.4 Å². The van der Waals surface area contributed by atoms with Gasteiger partial charge in [-0.1, -0.05) is 12.1 Å². The van der Waals surface area contributed by atoms with E-state index in [1.807, 2.05) is 11.3 Å². The zero-order valence-corrected chi connectivity index (χ0v) is 18.4. The van der Waals surface area contributed by atoms with E-state index >= 15 is 0 Å². The normalized spacial score (nSPS) is 17.0. The number of nitrogens with one attached hydrogen (secondary N) is 1. The topological polar surface area (TPSA) is 27.7 Å². The Kier molecular flexibility index (Phi) is 6.09. The van der Waals surface area contributed by atoms with E-state index in [0.29, 0.717) is 0 Å². The van der Waals surface area contributed by atoms with Crippen molar-refractivity contribution in [2.45, 2.75) is 25.7 Å².